The standard InChI is InChI=1S/C13H24N2O2/c1-10-5-4-6-11(2)15(10)12(16)7-17-13(3)8-14-9-13/h10-11,14H,4-9H2,1-3H3/t10-,11+. The number of ether oxygens (including phenoxy) is 1. The van der Waals surface area contributed by atoms with Crippen molar-refractivity contribution in [2.24, 2.45) is 0 Å². The Kier molecular flexibility index (Phi) is 3.73. The lowest BCUT2D eigenvalue weighted by Gasteiger charge is -2.42. The number of hydrogen-bond acceptors (Lipinski definition) is 3. The van der Waals surface area contributed by atoms with Gasteiger partial charge in [0.15, 0.2) is 0 Å². The fourth-order valence-electron chi connectivity index (χ4n) is 2.80. The third kappa shape index (κ3) is 2.80. The molecule has 0 aliphatic carbocycles. The average Bonchev–Trinajstić information content (AvgIpc) is 2.23. The molecular formula is C13H24N2O2. The normalized spacial score (nSPS) is 32.1. The molecular weight excluding hydrogens is 216 g/mol. The van der Waals surface area contributed by atoms with Crippen molar-refractivity contribution in [2.45, 2.75) is 57.7 Å². The van der Waals surface area contributed by atoms with Crippen molar-refractivity contribution in [1.82, 2.24) is 10.2 Å². The van der Waals surface area contributed by atoms with Crippen LogP contribution in [0.15, 0.2) is 0 Å². The third-order valence-electron chi connectivity index (χ3n) is 4.02. The van der Waals surface area contributed by atoms with E-state index < -0.39 is 0 Å². The summed E-state index contributed by atoms with van der Waals surface area (Å²) in [5, 5.41) is 3.17. The highest BCUT2D eigenvalue weighted by molar-refractivity contribution is 5.78. The van der Waals surface area contributed by atoms with Crippen molar-refractivity contribution in [3.63, 3.8) is 0 Å². The van der Waals surface area contributed by atoms with Crippen LogP contribution in [0.5, 0.6) is 0 Å². The number of hydrogen-bond donors (Lipinski definition) is 1. The zero-order valence-electron chi connectivity index (χ0n) is 11.2. The summed E-state index contributed by atoms with van der Waals surface area (Å²) in [5.74, 6) is 0.151. The second-order valence-electron chi connectivity index (χ2n) is 5.77. The van der Waals surface area contributed by atoms with E-state index in [4.69, 9.17) is 4.74 Å². The lowest BCUT2D eigenvalue weighted by Crippen LogP contribution is -2.60. The van der Waals surface area contributed by atoms with Crippen LogP contribution in [0, 0.1) is 0 Å². The monoisotopic (exact) mass is 240 g/mol. The fourth-order valence-corrected chi connectivity index (χ4v) is 2.80. The zero-order chi connectivity index (χ0) is 12.5. The van der Waals surface area contributed by atoms with Crippen molar-refractivity contribution < 1.29 is 9.53 Å². The zero-order valence-corrected chi connectivity index (χ0v) is 11.2. The number of nitrogens with zero attached hydrogens (tertiary/aromatic N) is 1. The van der Waals surface area contributed by atoms with Gasteiger partial charge in [-0.25, -0.2) is 0 Å². The molecule has 0 unspecified atom stereocenters. The number of piperidine rings is 1. The summed E-state index contributed by atoms with van der Waals surface area (Å²) in [4.78, 5) is 14.2. The van der Waals surface area contributed by atoms with Crippen LogP contribution in [-0.2, 0) is 9.53 Å². The Labute approximate surface area is 104 Å². The maximum atomic E-state index is 12.2. The molecule has 2 atom stereocenters. The molecule has 0 radical (unpaired) electrons. The van der Waals surface area contributed by atoms with Crippen LogP contribution in [0.3, 0.4) is 0 Å². The molecule has 2 fully saturated rings. The van der Waals surface area contributed by atoms with Crippen LogP contribution in [0.2, 0.25) is 0 Å². The number of rotatable bonds is 3. The molecule has 2 aliphatic heterocycles. The molecule has 0 aromatic rings. The number of nitrogens with one attached hydrogen (secondary N) is 1. The molecule has 0 spiro atoms. The Hall–Kier alpha value is -0.610. The highest BCUT2D eigenvalue weighted by Gasteiger charge is 2.35. The highest BCUT2D eigenvalue weighted by atomic mass is 16.5. The molecule has 98 valence electrons. The number of carbonyl (C=O) groups is 1. The predicted octanol–water partition coefficient (Wildman–Crippen LogP) is 1.15. The smallest absolute Gasteiger partial charge is 0.249 e. The number of carbonyl (C=O) groups excluding carboxylic acids is 1. The first-order valence-corrected chi connectivity index (χ1v) is 6.68. The van der Waals surface area contributed by atoms with E-state index in [0.717, 1.165) is 25.9 Å². The second kappa shape index (κ2) is 4.94. The molecule has 1 N–H and O–H groups in total. The van der Waals surface area contributed by atoms with Crippen LogP contribution in [0.25, 0.3) is 0 Å². The molecule has 4 heteroatoms. The number of amides is 1. The van der Waals surface area contributed by atoms with Crippen LogP contribution >= 0.6 is 0 Å². The van der Waals surface area contributed by atoms with E-state index in [9.17, 15) is 4.79 Å². The quantitative estimate of drug-likeness (QED) is 0.804. The topological polar surface area (TPSA) is 41.6 Å². The summed E-state index contributed by atoms with van der Waals surface area (Å²) in [6.07, 6.45) is 3.47. The van der Waals surface area contributed by atoms with Crippen LogP contribution in [0.1, 0.15) is 40.0 Å². The van der Waals surface area contributed by atoms with E-state index in [1.54, 1.807) is 0 Å². The van der Waals surface area contributed by atoms with Crippen LogP contribution < -0.4 is 5.32 Å². The Morgan fingerprint density at radius 3 is 2.41 bits per heavy atom. The van der Waals surface area contributed by atoms with E-state index in [1.807, 2.05) is 4.90 Å². The van der Waals surface area contributed by atoms with Gasteiger partial charge in [0.1, 0.15) is 6.61 Å². The van der Waals surface area contributed by atoms with Crippen molar-refractivity contribution in [3.8, 4) is 0 Å². The minimum Gasteiger partial charge on any atom is -0.363 e. The van der Waals surface area contributed by atoms with E-state index in [2.05, 4.69) is 26.1 Å². The van der Waals surface area contributed by atoms with Gasteiger partial charge in [0.2, 0.25) is 5.91 Å². The van der Waals surface area contributed by atoms with Crippen LogP contribution in [-0.4, -0.2) is 48.2 Å². The fraction of sp³-hybridized carbons (Fsp3) is 0.923. The van der Waals surface area contributed by atoms with Gasteiger partial charge in [0.05, 0.1) is 5.60 Å². The van der Waals surface area contributed by atoms with Gasteiger partial charge in [-0.15, -0.1) is 0 Å². The van der Waals surface area contributed by atoms with Gasteiger partial charge in [-0.1, -0.05) is 0 Å². The van der Waals surface area contributed by atoms with E-state index >= 15 is 0 Å². The maximum Gasteiger partial charge on any atom is 0.249 e. The minimum absolute atomic E-state index is 0.127. The Morgan fingerprint density at radius 1 is 1.35 bits per heavy atom. The summed E-state index contributed by atoms with van der Waals surface area (Å²) in [6.45, 7) is 8.27. The van der Waals surface area contributed by atoms with Gasteiger partial charge in [-0.2, -0.15) is 0 Å². The van der Waals surface area contributed by atoms with Crippen molar-refractivity contribution in [3.05, 3.63) is 0 Å². The highest BCUT2D eigenvalue weighted by Crippen LogP contribution is 2.23. The van der Waals surface area contributed by atoms with Gasteiger partial charge in [-0.05, 0) is 40.0 Å². The SMILES string of the molecule is C[C@@H]1CCC[C@H](C)N1C(=O)COC1(C)CNC1. The summed E-state index contributed by atoms with van der Waals surface area (Å²) in [5.41, 5.74) is -0.127. The average molecular weight is 240 g/mol. The molecule has 0 bridgehead atoms. The first kappa shape index (κ1) is 12.8. The van der Waals surface area contributed by atoms with Gasteiger partial charge in [-0.3, -0.25) is 4.79 Å². The molecule has 2 saturated heterocycles. The molecule has 0 aromatic carbocycles. The molecule has 2 rings (SSSR count). The van der Waals surface area contributed by atoms with Crippen molar-refractivity contribution in [1.29, 1.82) is 0 Å². The van der Waals surface area contributed by atoms with Gasteiger partial charge in [0, 0.05) is 25.2 Å². The molecule has 1 amide bonds. The lowest BCUT2D eigenvalue weighted by molar-refractivity contribution is -0.151. The minimum atomic E-state index is -0.127. The third-order valence-corrected chi connectivity index (χ3v) is 4.02. The Bertz CT molecular complexity index is 279. The first-order valence-electron chi connectivity index (χ1n) is 6.68. The van der Waals surface area contributed by atoms with Gasteiger partial charge in [0.25, 0.3) is 0 Å². The molecule has 2 aliphatic rings. The van der Waals surface area contributed by atoms with E-state index in [0.29, 0.717) is 12.1 Å². The molecule has 2 heterocycles. The first-order chi connectivity index (χ1) is 8.02. The molecule has 0 saturated carbocycles. The summed E-state index contributed by atoms with van der Waals surface area (Å²) in [7, 11) is 0. The summed E-state index contributed by atoms with van der Waals surface area (Å²) >= 11 is 0. The number of likely N-dealkylation sites (tertiary alicyclic amines) is 1. The largest absolute Gasteiger partial charge is 0.363 e. The molecule has 0 aromatic heterocycles. The summed E-state index contributed by atoms with van der Waals surface area (Å²) < 4.78 is 5.72. The Morgan fingerprint density at radius 2 is 1.94 bits per heavy atom. The van der Waals surface area contributed by atoms with Gasteiger partial charge < -0.3 is 15.0 Å². The Balaban J connectivity index is 1.85. The van der Waals surface area contributed by atoms with Crippen LogP contribution in [0.4, 0.5) is 0 Å². The van der Waals surface area contributed by atoms with Crippen molar-refractivity contribution in [2.75, 3.05) is 19.7 Å². The van der Waals surface area contributed by atoms with Gasteiger partial charge >= 0.3 is 0 Å². The molecule has 17 heavy (non-hydrogen) atoms. The lowest BCUT2D eigenvalue weighted by atomic mass is 9.97. The summed E-state index contributed by atoms with van der Waals surface area (Å²) in [6, 6.07) is 0.726. The maximum absolute atomic E-state index is 12.2. The molecule has 4 nitrogen and oxygen atoms in total. The van der Waals surface area contributed by atoms with Crippen molar-refractivity contribution >= 4 is 5.91 Å². The van der Waals surface area contributed by atoms with E-state index in [-0.39, 0.29) is 18.1 Å². The predicted molar refractivity (Wildman–Crippen MR) is 66.8 cm³/mol. The van der Waals surface area contributed by atoms with E-state index in [1.165, 1.54) is 6.42 Å². The second-order valence-corrected chi connectivity index (χ2v) is 5.77.